The first-order chi connectivity index (χ1) is 5.12. The van der Waals surface area contributed by atoms with Crippen molar-refractivity contribution in [3.8, 4) is 12.3 Å². The third kappa shape index (κ3) is 22.8. The molecule has 0 amide bonds. The summed E-state index contributed by atoms with van der Waals surface area (Å²) >= 11 is 0. The molecule has 0 heterocycles. The first-order valence-electron chi connectivity index (χ1n) is 3.09. The molecule has 1 atom stereocenters. The summed E-state index contributed by atoms with van der Waals surface area (Å²) in [6.45, 7) is 3.81. The van der Waals surface area contributed by atoms with Crippen LogP contribution in [-0.2, 0) is 10.4 Å². The fourth-order valence-corrected chi connectivity index (χ4v) is 0.102. The molecule has 72 valence electrons. The summed E-state index contributed by atoms with van der Waals surface area (Å²) < 4.78 is 31.6. The summed E-state index contributed by atoms with van der Waals surface area (Å²) in [5.74, 6) is 2.47. The second kappa shape index (κ2) is 5.11. The smallest absolute Gasteiger partial charge is 0.315 e. The monoisotopic (exact) mass is 195 g/mol. The van der Waals surface area contributed by atoms with Crippen LogP contribution in [-0.4, -0.2) is 23.1 Å². The highest BCUT2D eigenvalue weighted by Crippen LogP contribution is 1.99. The Morgan fingerprint density at radius 2 is 1.83 bits per heavy atom. The van der Waals surface area contributed by atoms with Crippen molar-refractivity contribution in [2.45, 2.75) is 25.8 Å². The highest BCUT2D eigenvalue weighted by molar-refractivity contribution is 7.79. The maximum Gasteiger partial charge on any atom is 0.394 e. The average Bonchev–Trinajstić information content (AvgIpc) is 1.85. The third-order valence-corrected chi connectivity index (χ3v) is 1.06. The van der Waals surface area contributed by atoms with Crippen LogP contribution in [0.4, 0.5) is 0 Å². The van der Waals surface area contributed by atoms with E-state index >= 15 is 0 Å². The van der Waals surface area contributed by atoms with Crippen molar-refractivity contribution < 1.29 is 17.5 Å². The van der Waals surface area contributed by atoms with E-state index in [1.165, 1.54) is 0 Å². The van der Waals surface area contributed by atoms with E-state index in [-0.39, 0.29) is 5.54 Å². The quantitative estimate of drug-likeness (QED) is 0.407. The van der Waals surface area contributed by atoms with Gasteiger partial charge in [0, 0.05) is 0 Å². The van der Waals surface area contributed by atoms with Gasteiger partial charge in [-0.1, -0.05) is 12.8 Å². The molecule has 0 bridgehead atoms. The summed E-state index contributed by atoms with van der Waals surface area (Å²) in [5.41, 5.74) is 5.09. The second-order valence-electron chi connectivity index (χ2n) is 2.36. The van der Waals surface area contributed by atoms with Gasteiger partial charge in [0.2, 0.25) is 0 Å². The molecule has 0 aliphatic heterocycles. The van der Waals surface area contributed by atoms with E-state index in [2.05, 4.69) is 5.92 Å². The predicted octanol–water partition coefficient (Wildman–Crippen LogP) is 0.0942. The molecular formula is C6H13NO4S. The summed E-state index contributed by atoms with van der Waals surface area (Å²) in [6, 6.07) is 0. The van der Waals surface area contributed by atoms with E-state index < -0.39 is 10.4 Å². The highest BCUT2D eigenvalue weighted by Gasteiger charge is 2.08. The zero-order valence-corrected chi connectivity index (χ0v) is 7.80. The lowest BCUT2D eigenvalue weighted by atomic mass is 10.0. The molecule has 0 spiro atoms. The van der Waals surface area contributed by atoms with Gasteiger partial charge in [-0.15, -0.1) is 6.42 Å². The van der Waals surface area contributed by atoms with Crippen molar-refractivity contribution in [2.24, 2.45) is 5.73 Å². The van der Waals surface area contributed by atoms with Crippen LogP contribution in [0.1, 0.15) is 20.3 Å². The van der Waals surface area contributed by atoms with Crippen molar-refractivity contribution in [1.29, 1.82) is 0 Å². The van der Waals surface area contributed by atoms with Crippen LogP contribution in [0.15, 0.2) is 0 Å². The Balaban J connectivity index is 0. The molecule has 0 aromatic rings. The van der Waals surface area contributed by atoms with Crippen LogP contribution < -0.4 is 5.73 Å². The predicted molar refractivity (Wildman–Crippen MR) is 45.9 cm³/mol. The molecule has 0 fully saturated rings. The Morgan fingerprint density at radius 3 is 1.83 bits per heavy atom. The maximum absolute atomic E-state index is 8.74. The van der Waals surface area contributed by atoms with Crippen molar-refractivity contribution >= 4 is 10.4 Å². The van der Waals surface area contributed by atoms with Crippen LogP contribution in [0.5, 0.6) is 0 Å². The molecule has 0 aliphatic rings. The van der Waals surface area contributed by atoms with E-state index in [0.717, 1.165) is 6.42 Å². The lowest BCUT2D eigenvalue weighted by Gasteiger charge is -2.12. The van der Waals surface area contributed by atoms with Crippen molar-refractivity contribution in [2.75, 3.05) is 0 Å². The van der Waals surface area contributed by atoms with Gasteiger partial charge in [-0.05, 0) is 13.3 Å². The minimum Gasteiger partial charge on any atom is -0.315 e. The standard InChI is InChI=1S/C6H11N.H2O4S/c1-4-6(3,7)5-2;1-5(2,3)4/h1H,5,7H2,2-3H3;(H2,1,2,3,4). The summed E-state index contributed by atoms with van der Waals surface area (Å²) in [4.78, 5) is 0. The van der Waals surface area contributed by atoms with Crippen molar-refractivity contribution in [1.82, 2.24) is 0 Å². The Bertz CT molecular complexity index is 241. The molecule has 12 heavy (non-hydrogen) atoms. The van der Waals surface area contributed by atoms with Crippen LogP contribution >= 0.6 is 0 Å². The number of nitrogens with two attached hydrogens (primary N) is 1. The second-order valence-corrected chi connectivity index (χ2v) is 3.26. The van der Waals surface area contributed by atoms with E-state index in [1.807, 2.05) is 13.8 Å². The zero-order chi connectivity index (χ0) is 10.4. The van der Waals surface area contributed by atoms with Gasteiger partial charge in [0.1, 0.15) is 0 Å². The molecule has 6 heteroatoms. The summed E-state index contributed by atoms with van der Waals surface area (Å²) in [5, 5.41) is 0. The topological polar surface area (TPSA) is 101 Å². The van der Waals surface area contributed by atoms with Crippen molar-refractivity contribution in [3.63, 3.8) is 0 Å². The Morgan fingerprint density at radius 1 is 1.58 bits per heavy atom. The zero-order valence-electron chi connectivity index (χ0n) is 6.98. The van der Waals surface area contributed by atoms with Gasteiger partial charge in [0.05, 0.1) is 5.54 Å². The van der Waals surface area contributed by atoms with Crippen LogP contribution in [0.2, 0.25) is 0 Å². The Hall–Kier alpha value is -0.610. The third-order valence-electron chi connectivity index (χ3n) is 1.06. The number of terminal acetylenes is 1. The van der Waals surface area contributed by atoms with Gasteiger partial charge in [-0.2, -0.15) is 8.42 Å². The fraction of sp³-hybridized carbons (Fsp3) is 0.667. The first kappa shape index (κ1) is 13.9. The molecule has 0 saturated carbocycles. The first-order valence-corrected chi connectivity index (χ1v) is 4.48. The lowest BCUT2D eigenvalue weighted by molar-refractivity contribution is 0.381. The number of hydrogen-bond donors (Lipinski definition) is 3. The fourth-order valence-electron chi connectivity index (χ4n) is 0.102. The van der Waals surface area contributed by atoms with E-state index in [4.69, 9.17) is 29.7 Å². The lowest BCUT2D eigenvalue weighted by Crippen LogP contribution is -2.32. The number of rotatable bonds is 1. The SMILES string of the molecule is C#CC(C)(N)CC.O=S(=O)(O)O. The summed E-state index contributed by atoms with van der Waals surface area (Å²) in [6.07, 6.45) is 5.88. The van der Waals surface area contributed by atoms with Gasteiger partial charge in [-0.3, -0.25) is 9.11 Å². The van der Waals surface area contributed by atoms with Crippen LogP contribution in [0.3, 0.4) is 0 Å². The molecule has 0 aromatic heterocycles. The average molecular weight is 195 g/mol. The van der Waals surface area contributed by atoms with Crippen LogP contribution in [0, 0.1) is 12.3 Å². The number of hydrogen-bond acceptors (Lipinski definition) is 3. The van der Waals surface area contributed by atoms with Gasteiger partial charge >= 0.3 is 10.4 Å². The molecule has 0 aromatic carbocycles. The molecule has 1 unspecified atom stereocenters. The molecule has 0 saturated heterocycles. The molecule has 4 N–H and O–H groups in total. The van der Waals surface area contributed by atoms with E-state index in [0.29, 0.717) is 0 Å². The molecule has 0 aliphatic carbocycles. The van der Waals surface area contributed by atoms with E-state index in [1.54, 1.807) is 0 Å². The van der Waals surface area contributed by atoms with Gasteiger partial charge in [-0.25, -0.2) is 0 Å². The molecule has 0 rings (SSSR count). The van der Waals surface area contributed by atoms with Crippen LogP contribution in [0.25, 0.3) is 0 Å². The normalized spacial score (nSPS) is 15.0. The van der Waals surface area contributed by atoms with Gasteiger partial charge in [0.25, 0.3) is 0 Å². The Kier molecular flexibility index (Phi) is 5.94. The largest absolute Gasteiger partial charge is 0.394 e. The van der Waals surface area contributed by atoms with Gasteiger partial charge < -0.3 is 5.73 Å². The highest BCUT2D eigenvalue weighted by atomic mass is 32.3. The van der Waals surface area contributed by atoms with Gasteiger partial charge in [0.15, 0.2) is 0 Å². The molecule has 5 nitrogen and oxygen atoms in total. The molecular weight excluding hydrogens is 182 g/mol. The molecule has 0 radical (unpaired) electrons. The van der Waals surface area contributed by atoms with Crippen molar-refractivity contribution in [3.05, 3.63) is 0 Å². The maximum atomic E-state index is 8.74. The Labute approximate surface area is 72.5 Å². The summed E-state index contributed by atoms with van der Waals surface area (Å²) in [7, 11) is -4.67. The minimum absolute atomic E-state index is 0.389. The minimum atomic E-state index is -4.67. The van der Waals surface area contributed by atoms with E-state index in [9.17, 15) is 0 Å².